The number of halogens is 2. The summed E-state index contributed by atoms with van der Waals surface area (Å²) < 4.78 is 1.94. The first-order valence-corrected chi connectivity index (χ1v) is 6.82. The Morgan fingerprint density at radius 2 is 1.93 bits per heavy atom. The van der Waals surface area contributed by atoms with E-state index in [4.69, 9.17) is 0 Å². The molecule has 1 heterocycles. The minimum absolute atomic E-state index is 0.0902. The lowest BCUT2D eigenvalue weighted by molar-refractivity contribution is 0.0904. The summed E-state index contributed by atoms with van der Waals surface area (Å²) in [6.07, 6.45) is 0. The third-order valence-corrected chi connectivity index (χ3v) is 5.57. The van der Waals surface area contributed by atoms with Crippen LogP contribution in [0, 0.1) is 11.8 Å². The lowest BCUT2D eigenvalue weighted by atomic mass is 9.93. The molecule has 0 saturated carbocycles. The molecular weight excluding hydrogens is 328 g/mol. The molecule has 14 heavy (non-hydrogen) atoms. The quantitative estimate of drug-likeness (QED) is 0.726. The molecule has 1 unspecified atom stereocenters. The number of hydrogen-bond acceptors (Lipinski definition) is 2. The van der Waals surface area contributed by atoms with Gasteiger partial charge in [-0.15, -0.1) is 11.3 Å². The largest absolute Gasteiger partial charge is 0.293 e. The second-order valence-electron chi connectivity index (χ2n) is 3.63. The predicted molar refractivity (Wildman–Crippen MR) is 68.1 cm³/mol. The zero-order valence-electron chi connectivity index (χ0n) is 8.30. The van der Waals surface area contributed by atoms with Crippen LogP contribution in [0.5, 0.6) is 0 Å². The Kier molecular flexibility index (Phi) is 4.34. The normalized spacial score (nSPS) is 13.3. The Morgan fingerprint density at radius 1 is 1.36 bits per heavy atom. The molecule has 0 aliphatic rings. The van der Waals surface area contributed by atoms with Crippen LogP contribution in [0.2, 0.25) is 0 Å². The zero-order valence-corrected chi connectivity index (χ0v) is 12.3. The number of hydrogen-bond donors (Lipinski definition) is 0. The molecule has 4 heteroatoms. The van der Waals surface area contributed by atoms with Crippen molar-refractivity contribution >= 4 is 49.0 Å². The van der Waals surface area contributed by atoms with Gasteiger partial charge >= 0.3 is 0 Å². The highest BCUT2D eigenvalue weighted by atomic mass is 79.9. The van der Waals surface area contributed by atoms with Gasteiger partial charge in [-0.1, -0.05) is 20.8 Å². The zero-order chi connectivity index (χ0) is 10.9. The smallest absolute Gasteiger partial charge is 0.175 e. The Bertz CT molecular complexity index is 324. The number of carbonyl (C=O) groups excluding carboxylic acids is 1. The summed E-state index contributed by atoms with van der Waals surface area (Å²) in [5, 5.41) is 0. The van der Waals surface area contributed by atoms with Gasteiger partial charge in [0.25, 0.3) is 0 Å². The maximum absolute atomic E-state index is 11.9. The van der Waals surface area contributed by atoms with Crippen molar-refractivity contribution in [2.45, 2.75) is 20.8 Å². The molecule has 1 nitrogen and oxygen atoms in total. The van der Waals surface area contributed by atoms with Crippen molar-refractivity contribution < 1.29 is 4.79 Å². The van der Waals surface area contributed by atoms with Crippen LogP contribution >= 0.6 is 43.2 Å². The van der Waals surface area contributed by atoms with Crippen molar-refractivity contribution in [1.29, 1.82) is 0 Å². The van der Waals surface area contributed by atoms with E-state index in [9.17, 15) is 4.79 Å². The molecule has 0 spiro atoms. The minimum Gasteiger partial charge on any atom is -0.293 e. The van der Waals surface area contributed by atoms with Crippen molar-refractivity contribution in [3.05, 3.63) is 19.2 Å². The van der Waals surface area contributed by atoms with E-state index in [2.05, 4.69) is 45.7 Å². The first kappa shape index (κ1) is 12.4. The molecule has 1 aromatic rings. The van der Waals surface area contributed by atoms with Gasteiger partial charge in [0.2, 0.25) is 0 Å². The third-order valence-electron chi connectivity index (χ3n) is 2.30. The van der Waals surface area contributed by atoms with Crippen molar-refractivity contribution in [1.82, 2.24) is 0 Å². The molecule has 0 bridgehead atoms. The summed E-state index contributed by atoms with van der Waals surface area (Å²) in [7, 11) is 0. The number of rotatable bonds is 3. The first-order chi connectivity index (χ1) is 6.43. The summed E-state index contributed by atoms with van der Waals surface area (Å²) in [5.41, 5.74) is 0. The highest BCUT2D eigenvalue weighted by molar-refractivity contribution is 9.13. The fourth-order valence-electron chi connectivity index (χ4n) is 0.995. The molecule has 1 aromatic heterocycles. The number of Topliss-reactive ketones (excluding diaryl/α,β-unsaturated/α-hetero) is 1. The monoisotopic (exact) mass is 338 g/mol. The van der Waals surface area contributed by atoms with Crippen LogP contribution in [0.25, 0.3) is 0 Å². The van der Waals surface area contributed by atoms with Gasteiger partial charge in [0, 0.05) is 10.4 Å². The molecule has 0 aliphatic carbocycles. The summed E-state index contributed by atoms with van der Waals surface area (Å²) >= 11 is 8.26. The Hall–Kier alpha value is 0.330. The molecule has 1 atom stereocenters. The SMILES string of the molecule is CC(C)C(C)C(=O)c1cc(Br)c(Br)s1. The molecule has 0 aromatic carbocycles. The van der Waals surface area contributed by atoms with Gasteiger partial charge in [0.05, 0.1) is 8.66 Å². The number of carbonyl (C=O) groups is 1. The number of thiophene rings is 1. The Labute approximate surface area is 105 Å². The fourth-order valence-corrected chi connectivity index (χ4v) is 3.07. The molecular formula is C10H12Br2OS. The lowest BCUT2D eigenvalue weighted by Crippen LogP contribution is -2.15. The maximum atomic E-state index is 11.9. The van der Waals surface area contributed by atoms with Crippen molar-refractivity contribution in [2.24, 2.45) is 11.8 Å². The summed E-state index contributed by atoms with van der Waals surface area (Å²) in [4.78, 5) is 12.7. The predicted octanol–water partition coefficient (Wildman–Crippen LogP) is 4.75. The van der Waals surface area contributed by atoms with E-state index in [-0.39, 0.29) is 11.7 Å². The van der Waals surface area contributed by atoms with Crippen LogP contribution in [0.3, 0.4) is 0 Å². The molecule has 1 rings (SSSR count). The molecule has 0 N–H and O–H groups in total. The van der Waals surface area contributed by atoms with Crippen molar-refractivity contribution in [2.75, 3.05) is 0 Å². The lowest BCUT2D eigenvalue weighted by Gasteiger charge is -2.12. The van der Waals surface area contributed by atoms with Gasteiger partial charge in [-0.25, -0.2) is 0 Å². The summed E-state index contributed by atoms with van der Waals surface area (Å²) in [5.74, 6) is 0.714. The van der Waals surface area contributed by atoms with E-state index in [0.29, 0.717) is 5.92 Å². The number of ketones is 1. The standard InChI is InChI=1S/C10H12Br2OS/c1-5(2)6(3)9(13)8-4-7(11)10(12)14-8/h4-6H,1-3H3. The van der Waals surface area contributed by atoms with E-state index >= 15 is 0 Å². The molecule has 0 fully saturated rings. The van der Waals surface area contributed by atoms with Crippen LogP contribution in [0.4, 0.5) is 0 Å². The van der Waals surface area contributed by atoms with Crippen LogP contribution in [0.1, 0.15) is 30.4 Å². The maximum Gasteiger partial charge on any atom is 0.175 e. The van der Waals surface area contributed by atoms with Crippen LogP contribution in [0.15, 0.2) is 14.3 Å². The topological polar surface area (TPSA) is 17.1 Å². The van der Waals surface area contributed by atoms with Gasteiger partial charge in [-0.3, -0.25) is 4.79 Å². The Morgan fingerprint density at radius 3 is 2.29 bits per heavy atom. The minimum atomic E-state index is 0.0902. The van der Waals surface area contributed by atoms with E-state index < -0.39 is 0 Å². The van der Waals surface area contributed by atoms with E-state index in [1.165, 1.54) is 11.3 Å². The Balaban J connectivity index is 2.90. The second-order valence-corrected chi connectivity index (χ2v) is 6.85. The summed E-state index contributed by atoms with van der Waals surface area (Å²) in [6.45, 7) is 6.12. The van der Waals surface area contributed by atoms with Gasteiger partial charge in [-0.05, 0) is 43.8 Å². The van der Waals surface area contributed by atoms with Gasteiger partial charge in [-0.2, -0.15) is 0 Å². The average Bonchev–Trinajstić information content (AvgIpc) is 2.44. The van der Waals surface area contributed by atoms with Crippen molar-refractivity contribution in [3.63, 3.8) is 0 Å². The second kappa shape index (κ2) is 4.90. The highest BCUT2D eigenvalue weighted by Crippen LogP contribution is 2.34. The van der Waals surface area contributed by atoms with Crippen LogP contribution < -0.4 is 0 Å². The third kappa shape index (κ3) is 2.67. The van der Waals surface area contributed by atoms with Gasteiger partial charge in [0.15, 0.2) is 5.78 Å². The van der Waals surface area contributed by atoms with Crippen molar-refractivity contribution in [3.8, 4) is 0 Å². The summed E-state index contributed by atoms with van der Waals surface area (Å²) in [6, 6.07) is 1.88. The van der Waals surface area contributed by atoms with E-state index in [1.54, 1.807) is 0 Å². The van der Waals surface area contributed by atoms with E-state index in [1.807, 2.05) is 13.0 Å². The highest BCUT2D eigenvalue weighted by Gasteiger charge is 2.20. The average molecular weight is 340 g/mol. The molecule has 0 aliphatic heterocycles. The molecule has 0 radical (unpaired) electrons. The fraction of sp³-hybridized carbons (Fsp3) is 0.500. The van der Waals surface area contributed by atoms with Gasteiger partial charge in [0.1, 0.15) is 0 Å². The first-order valence-electron chi connectivity index (χ1n) is 4.42. The molecule has 78 valence electrons. The van der Waals surface area contributed by atoms with Crippen LogP contribution in [-0.2, 0) is 0 Å². The molecule has 0 saturated heterocycles. The van der Waals surface area contributed by atoms with Gasteiger partial charge < -0.3 is 0 Å². The van der Waals surface area contributed by atoms with E-state index in [0.717, 1.165) is 13.1 Å². The van der Waals surface area contributed by atoms with Crippen LogP contribution in [-0.4, -0.2) is 5.78 Å². The molecule has 0 amide bonds.